The summed E-state index contributed by atoms with van der Waals surface area (Å²) in [7, 11) is 0. The standard InChI is InChI=1S/C20H16F3NO2/c21-20(22,23)26-17-11-9-14(10-12-17)19(24)15-5-4-8-18(13-15)25-16-6-2-1-3-7-16/h1-13,19H,24H2/t19-/m0/s1. The monoisotopic (exact) mass is 359 g/mol. The summed E-state index contributed by atoms with van der Waals surface area (Å²) in [6, 6.07) is 21.6. The molecule has 0 saturated carbocycles. The number of nitrogens with two attached hydrogens (primary N) is 1. The van der Waals surface area contributed by atoms with Crippen molar-refractivity contribution in [3.05, 3.63) is 90.0 Å². The molecule has 0 heterocycles. The van der Waals surface area contributed by atoms with E-state index < -0.39 is 12.4 Å². The zero-order valence-corrected chi connectivity index (χ0v) is 13.6. The van der Waals surface area contributed by atoms with E-state index in [0.29, 0.717) is 17.1 Å². The molecule has 3 nitrogen and oxygen atoms in total. The lowest BCUT2D eigenvalue weighted by atomic mass is 9.99. The minimum Gasteiger partial charge on any atom is -0.457 e. The Hall–Kier alpha value is -2.99. The zero-order chi connectivity index (χ0) is 18.6. The summed E-state index contributed by atoms with van der Waals surface area (Å²) in [6.45, 7) is 0. The van der Waals surface area contributed by atoms with Gasteiger partial charge in [-0.2, -0.15) is 0 Å². The van der Waals surface area contributed by atoms with E-state index in [1.54, 1.807) is 6.07 Å². The number of benzene rings is 3. The van der Waals surface area contributed by atoms with Crippen LogP contribution in [0.1, 0.15) is 17.2 Å². The van der Waals surface area contributed by atoms with Crippen LogP contribution in [0.4, 0.5) is 13.2 Å². The Morgan fingerprint density at radius 1 is 0.692 bits per heavy atom. The first kappa shape index (κ1) is 17.8. The lowest BCUT2D eigenvalue weighted by Crippen LogP contribution is -2.17. The van der Waals surface area contributed by atoms with Crippen molar-refractivity contribution in [2.24, 2.45) is 5.73 Å². The van der Waals surface area contributed by atoms with Gasteiger partial charge in [-0.1, -0.05) is 42.5 Å². The van der Waals surface area contributed by atoms with E-state index >= 15 is 0 Å². The summed E-state index contributed by atoms with van der Waals surface area (Å²) in [5.74, 6) is 1.04. The SMILES string of the molecule is N[C@@H](c1ccc(OC(F)(F)F)cc1)c1cccc(Oc2ccccc2)c1. The summed E-state index contributed by atoms with van der Waals surface area (Å²) in [5, 5.41) is 0. The second-order valence-electron chi connectivity index (χ2n) is 5.58. The fourth-order valence-electron chi connectivity index (χ4n) is 2.47. The molecule has 2 N–H and O–H groups in total. The van der Waals surface area contributed by atoms with Gasteiger partial charge in [0, 0.05) is 0 Å². The van der Waals surface area contributed by atoms with Crippen LogP contribution in [0.15, 0.2) is 78.9 Å². The summed E-state index contributed by atoms with van der Waals surface area (Å²) in [5.41, 5.74) is 7.68. The predicted octanol–water partition coefficient (Wildman–Crippen LogP) is 5.43. The van der Waals surface area contributed by atoms with E-state index in [1.165, 1.54) is 24.3 Å². The lowest BCUT2D eigenvalue weighted by molar-refractivity contribution is -0.274. The first-order chi connectivity index (χ1) is 12.4. The van der Waals surface area contributed by atoms with Crippen molar-refractivity contribution in [2.45, 2.75) is 12.4 Å². The van der Waals surface area contributed by atoms with Crippen molar-refractivity contribution in [3.63, 3.8) is 0 Å². The van der Waals surface area contributed by atoms with Gasteiger partial charge in [0.25, 0.3) is 0 Å². The van der Waals surface area contributed by atoms with Crippen molar-refractivity contribution < 1.29 is 22.6 Å². The molecule has 0 unspecified atom stereocenters. The molecule has 0 saturated heterocycles. The largest absolute Gasteiger partial charge is 0.573 e. The number of para-hydroxylation sites is 1. The minimum atomic E-state index is -4.72. The van der Waals surface area contributed by atoms with E-state index in [2.05, 4.69) is 4.74 Å². The topological polar surface area (TPSA) is 44.5 Å². The Morgan fingerprint density at radius 2 is 1.35 bits per heavy atom. The van der Waals surface area contributed by atoms with Crippen molar-refractivity contribution in [1.82, 2.24) is 0 Å². The molecule has 3 aromatic carbocycles. The first-order valence-corrected chi connectivity index (χ1v) is 7.85. The molecule has 26 heavy (non-hydrogen) atoms. The fraction of sp³-hybridized carbons (Fsp3) is 0.100. The van der Waals surface area contributed by atoms with Crippen LogP contribution in [-0.4, -0.2) is 6.36 Å². The third kappa shape index (κ3) is 4.77. The average Bonchev–Trinajstić information content (AvgIpc) is 2.61. The Morgan fingerprint density at radius 3 is 2.00 bits per heavy atom. The van der Waals surface area contributed by atoms with Gasteiger partial charge in [0.15, 0.2) is 0 Å². The third-order valence-electron chi connectivity index (χ3n) is 3.67. The summed E-state index contributed by atoms with van der Waals surface area (Å²) < 4.78 is 46.3. The molecule has 3 rings (SSSR count). The van der Waals surface area contributed by atoms with Crippen LogP contribution < -0.4 is 15.2 Å². The van der Waals surface area contributed by atoms with Crippen molar-refractivity contribution in [1.29, 1.82) is 0 Å². The first-order valence-electron chi connectivity index (χ1n) is 7.85. The van der Waals surface area contributed by atoms with Crippen LogP contribution in [0.2, 0.25) is 0 Å². The second-order valence-corrected chi connectivity index (χ2v) is 5.58. The third-order valence-corrected chi connectivity index (χ3v) is 3.67. The van der Waals surface area contributed by atoms with E-state index in [0.717, 1.165) is 5.56 Å². The lowest BCUT2D eigenvalue weighted by Gasteiger charge is -2.15. The summed E-state index contributed by atoms with van der Waals surface area (Å²) >= 11 is 0. The number of rotatable bonds is 5. The molecule has 3 aromatic rings. The van der Waals surface area contributed by atoms with Crippen LogP contribution in [0, 0.1) is 0 Å². The van der Waals surface area contributed by atoms with Gasteiger partial charge in [0.1, 0.15) is 17.2 Å². The summed E-state index contributed by atoms with van der Waals surface area (Å²) in [6.07, 6.45) is -4.72. The Labute approximate surface area is 148 Å². The number of hydrogen-bond acceptors (Lipinski definition) is 3. The Bertz CT molecular complexity index is 849. The van der Waals surface area contributed by atoms with Gasteiger partial charge >= 0.3 is 6.36 Å². The van der Waals surface area contributed by atoms with E-state index in [9.17, 15) is 13.2 Å². The van der Waals surface area contributed by atoms with Crippen molar-refractivity contribution >= 4 is 0 Å². The zero-order valence-electron chi connectivity index (χ0n) is 13.6. The number of halogens is 3. The van der Waals surface area contributed by atoms with Crippen molar-refractivity contribution in [2.75, 3.05) is 0 Å². The molecule has 0 aliphatic rings. The summed E-state index contributed by atoms with van der Waals surface area (Å²) in [4.78, 5) is 0. The molecule has 0 amide bonds. The Kier molecular flexibility index (Phi) is 5.14. The van der Waals surface area contributed by atoms with Crippen LogP contribution in [0.3, 0.4) is 0 Å². The maximum Gasteiger partial charge on any atom is 0.573 e. The van der Waals surface area contributed by atoms with Gasteiger partial charge in [-0.05, 0) is 47.5 Å². The van der Waals surface area contributed by atoms with Crippen LogP contribution in [-0.2, 0) is 0 Å². The molecular formula is C20H16F3NO2. The van der Waals surface area contributed by atoms with E-state index in [1.807, 2.05) is 48.5 Å². The molecule has 6 heteroatoms. The highest BCUT2D eigenvalue weighted by molar-refractivity contribution is 5.40. The maximum atomic E-state index is 12.2. The minimum absolute atomic E-state index is 0.283. The number of ether oxygens (including phenoxy) is 2. The molecule has 0 aliphatic carbocycles. The van der Waals surface area contributed by atoms with Gasteiger partial charge in [0.05, 0.1) is 6.04 Å². The molecule has 0 aliphatic heterocycles. The second kappa shape index (κ2) is 7.49. The molecule has 0 spiro atoms. The van der Waals surface area contributed by atoms with Crippen LogP contribution in [0.5, 0.6) is 17.2 Å². The predicted molar refractivity (Wildman–Crippen MR) is 92.1 cm³/mol. The van der Waals surface area contributed by atoms with Crippen molar-refractivity contribution in [3.8, 4) is 17.2 Å². The van der Waals surface area contributed by atoms with Gasteiger partial charge in [0.2, 0.25) is 0 Å². The normalized spacial score (nSPS) is 12.5. The van der Waals surface area contributed by atoms with Gasteiger partial charge in [-0.15, -0.1) is 13.2 Å². The molecule has 0 radical (unpaired) electrons. The highest BCUT2D eigenvalue weighted by Crippen LogP contribution is 2.28. The highest BCUT2D eigenvalue weighted by atomic mass is 19.4. The van der Waals surface area contributed by atoms with E-state index in [4.69, 9.17) is 10.5 Å². The molecular weight excluding hydrogens is 343 g/mol. The highest BCUT2D eigenvalue weighted by Gasteiger charge is 2.31. The maximum absolute atomic E-state index is 12.2. The molecule has 1 atom stereocenters. The number of hydrogen-bond donors (Lipinski definition) is 1. The molecule has 0 fully saturated rings. The fourth-order valence-corrected chi connectivity index (χ4v) is 2.47. The van der Waals surface area contributed by atoms with Gasteiger partial charge in [-0.3, -0.25) is 0 Å². The molecule has 0 aromatic heterocycles. The molecule has 0 bridgehead atoms. The van der Waals surface area contributed by atoms with Gasteiger partial charge < -0.3 is 15.2 Å². The van der Waals surface area contributed by atoms with Crippen LogP contribution in [0.25, 0.3) is 0 Å². The number of alkyl halides is 3. The van der Waals surface area contributed by atoms with Crippen LogP contribution >= 0.6 is 0 Å². The van der Waals surface area contributed by atoms with E-state index in [-0.39, 0.29) is 5.75 Å². The average molecular weight is 359 g/mol. The smallest absolute Gasteiger partial charge is 0.457 e. The van der Waals surface area contributed by atoms with Gasteiger partial charge in [-0.25, -0.2) is 0 Å². The quantitative estimate of drug-likeness (QED) is 0.661. The Balaban J connectivity index is 1.75. The molecule has 134 valence electrons.